The van der Waals surface area contributed by atoms with Gasteiger partial charge in [0.05, 0.1) is 5.69 Å². The van der Waals surface area contributed by atoms with Crippen molar-refractivity contribution >= 4 is 6.08 Å². The largest absolute Gasteiger partial charge is 0.354 e. The van der Waals surface area contributed by atoms with Crippen LogP contribution in [-0.4, -0.2) is 14.9 Å². The fourth-order valence-corrected chi connectivity index (χ4v) is 4.04. The first-order valence-corrected chi connectivity index (χ1v) is 10.5. The molecule has 4 nitrogen and oxygen atoms in total. The van der Waals surface area contributed by atoms with Gasteiger partial charge in [0.1, 0.15) is 12.0 Å². The first kappa shape index (κ1) is 20.1. The van der Waals surface area contributed by atoms with Gasteiger partial charge in [-0.05, 0) is 77.2 Å². The first-order valence-electron chi connectivity index (χ1n) is 10.5. The Bertz CT molecular complexity index is 1300. The Morgan fingerprint density at radius 2 is 1.81 bits per heavy atom. The number of hydrogen-bond acceptors (Lipinski definition) is 4. The van der Waals surface area contributed by atoms with Crippen LogP contribution in [0.4, 0.5) is 4.39 Å². The Labute approximate surface area is 186 Å². The van der Waals surface area contributed by atoms with Gasteiger partial charge in [0.25, 0.3) is 0 Å². The highest BCUT2D eigenvalue weighted by molar-refractivity contribution is 5.70. The number of fused-ring (bicyclic) bond motifs is 1. The highest BCUT2D eigenvalue weighted by Gasteiger charge is 2.20. The normalized spacial score (nSPS) is 15.0. The van der Waals surface area contributed by atoms with Gasteiger partial charge in [-0.3, -0.25) is 9.97 Å². The smallest absolute Gasteiger partial charge is 0.123 e. The van der Waals surface area contributed by atoms with E-state index in [0.717, 1.165) is 44.8 Å². The standard InChI is InChI=1S/C27H23FN4/c1-18-13-23(9-11-30-18)26-8-5-19(16-31-26)17-32-12-10-22-14-21(6-7-25(22)27(32)29)20-3-2-4-24(28)15-20/h2-16,27H,17,29H2,1H3. The molecule has 5 rings (SSSR count). The van der Waals surface area contributed by atoms with Gasteiger partial charge < -0.3 is 10.6 Å². The van der Waals surface area contributed by atoms with Gasteiger partial charge in [-0.25, -0.2) is 4.39 Å². The van der Waals surface area contributed by atoms with Gasteiger partial charge in [-0.1, -0.05) is 30.3 Å². The van der Waals surface area contributed by atoms with Crippen LogP contribution in [0.3, 0.4) is 0 Å². The molecule has 32 heavy (non-hydrogen) atoms. The minimum absolute atomic E-state index is 0.239. The molecule has 0 amide bonds. The summed E-state index contributed by atoms with van der Waals surface area (Å²) in [6.07, 6.45) is 7.51. The second-order valence-corrected chi connectivity index (χ2v) is 8.02. The van der Waals surface area contributed by atoms with Gasteiger partial charge in [0.15, 0.2) is 0 Å². The molecule has 1 aliphatic rings. The molecular weight excluding hydrogens is 399 g/mol. The van der Waals surface area contributed by atoms with Crippen LogP contribution in [0.15, 0.2) is 85.3 Å². The summed E-state index contributed by atoms with van der Waals surface area (Å²) in [4.78, 5) is 11.0. The highest BCUT2D eigenvalue weighted by atomic mass is 19.1. The van der Waals surface area contributed by atoms with Gasteiger partial charge in [-0.15, -0.1) is 0 Å². The summed E-state index contributed by atoms with van der Waals surface area (Å²) in [6, 6.07) is 20.8. The van der Waals surface area contributed by atoms with Crippen molar-refractivity contribution in [3.05, 3.63) is 114 Å². The number of pyridine rings is 2. The van der Waals surface area contributed by atoms with Crippen molar-refractivity contribution in [2.24, 2.45) is 5.73 Å². The topological polar surface area (TPSA) is 55.0 Å². The maximum atomic E-state index is 13.6. The van der Waals surface area contributed by atoms with E-state index in [2.05, 4.69) is 33.1 Å². The average Bonchev–Trinajstić information content (AvgIpc) is 2.81. The van der Waals surface area contributed by atoms with E-state index in [-0.39, 0.29) is 12.0 Å². The van der Waals surface area contributed by atoms with E-state index in [1.165, 1.54) is 6.07 Å². The zero-order valence-electron chi connectivity index (χ0n) is 17.7. The zero-order chi connectivity index (χ0) is 22.1. The SMILES string of the molecule is Cc1cc(-c2ccc(CN3C=Cc4cc(-c5cccc(F)c5)ccc4C3N)cn2)ccn1. The van der Waals surface area contributed by atoms with Gasteiger partial charge in [0.2, 0.25) is 0 Å². The minimum Gasteiger partial charge on any atom is -0.354 e. The third-order valence-corrected chi connectivity index (χ3v) is 5.75. The molecule has 158 valence electrons. The van der Waals surface area contributed by atoms with Crippen LogP contribution in [0.5, 0.6) is 0 Å². The van der Waals surface area contributed by atoms with Gasteiger partial charge in [-0.2, -0.15) is 0 Å². The number of benzene rings is 2. The number of halogens is 1. The van der Waals surface area contributed by atoms with Crippen molar-refractivity contribution in [3.63, 3.8) is 0 Å². The van der Waals surface area contributed by atoms with E-state index in [1.807, 2.05) is 55.7 Å². The quantitative estimate of drug-likeness (QED) is 0.458. The van der Waals surface area contributed by atoms with Crippen LogP contribution in [0.1, 0.15) is 28.6 Å². The molecular formula is C27H23FN4. The van der Waals surface area contributed by atoms with Gasteiger partial charge in [0, 0.05) is 36.4 Å². The maximum absolute atomic E-state index is 13.6. The molecule has 2 aromatic carbocycles. The number of aryl methyl sites for hydroxylation is 1. The Balaban J connectivity index is 1.34. The van der Waals surface area contributed by atoms with Crippen LogP contribution in [-0.2, 0) is 6.54 Å². The number of hydrogen-bond donors (Lipinski definition) is 1. The van der Waals surface area contributed by atoms with Crippen LogP contribution in [0.2, 0.25) is 0 Å². The predicted octanol–water partition coefficient (Wildman–Crippen LogP) is 5.70. The molecule has 0 saturated carbocycles. The average molecular weight is 423 g/mol. The fraction of sp³-hybridized carbons (Fsp3) is 0.111. The lowest BCUT2D eigenvalue weighted by atomic mass is 9.95. The molecule has 0 spiro atoms. The van der Waals surface area contributed by atoms with E-state index in [0.29, 0.717) is 6.54 Å². The maximum Gasteiger partial charge on any atom is 0.123 e. The molecule has 0 bridgehead atoms. The second kappa shape index (κ2) is 8.36. The fourth-order valence-electron chi connectivity index (χ4n) is 4.04. The molecule has 0 fully saturated rings. The van der Waals surface area contributed by atoms with E-state index in [4.69, 9.17) is 5.73 Å². The molecule has 0 saturated heterocycles. The summed E-state index contributed by atoms with van der Waals surface area (Å²) in [5.41, 5.74) is 14.5. The van der Waals surface area contributed by atoms with Crippen molar-refractivity contribution in [2.45, 2.75) is 19.6 Å². The monoisotopic (exact) mass is 422 g/mol. The second-order valence-electron chi connectivity index (χ2n) is 8.02. The van der Waals surface area contributed by atoms with E-state index >= 15 is 0 Å². The summed E-state index contributed by atoms with van der Waals surface area (Å²) in [5, 5.41) is 0. The molecule has 1 aliphatic heterocycles. The third kappa shape index (κ3) is 4.03. The lowest BCUT2D eigenvalue weighted by Crippen LogP contribution is -2.32. The molecule has 2 aromatic heterocycles. The number of aromatic nitrogens is 2. The number of nitrogens with two attached hydrogens (primary N) is 1. The lowest BCUT2D eigenvalue weighted by molar-refractivity contribution is 0.275. The molecule has 2 N–H and O–H groups in total. The van der Waals surface area contributed by atoms with Crippen molar-refractivity contribution < 1.29 is 4.39 Å². The minimum atomic E-state index is -0.265. The van der Waals surface area contributed by atoms with Crippen LogP contribution < -0.4 is 5.73 Å². The van der Waals surface area contributed by atoms with E-state index in [9.17, 15) is 4.39 Å². The number of rotatable bonds is 4. The van der Waals surface area contributed by atoms with Crippen LogP contribution in [0, 0.1) is 12.7 Å². The van der Waals surface area contributed by atoms with Crippen LogP contribution in [0.25, 0.3) is 28.5 Å². The number of nitrogens with zero attached hydrogens (tertiary/aromatic N) is 3. The van der Waals surface area contributed by atoms with Crippen molar-refractivity contribution in [1.29, 1.82) is 0 Å². The zero-order valence-corrected chi connectivity index (χ0v) is 17.7. The predicted molar refractivity (Wildman–Crippen MR) is 126 cm³/mol. The van der Waals surface area contributed by atoms with Crippen molar-refractivity contribution in [1.82, 2.24) is 14.9 Å². The molecule has 5 heteroatoms. The van der Waals surface area contributed by atoms with E-state index in [1.54, 1.807) is 18.3 Å². The lowest BCUT2D eigenvalue weighted by Gasteiger charge is -2.32. The molecule has 3 heterocycles. The third-order valence-electron chi connectivity index (χ3n) is 5.75. The molecule has 1 unspecified atom stereocenters. The summed E-state index contributed by atoms with van der Waals surface area (Å²) < 4.78 is 13.6. The van der Waals surface area contributed by atoms with Crippen molar-refractivity contribution in [2.75, 3.05) is 0 Å². The molecule has 1 atom stereocenters. The summed E-state index contributed by atoms with van der Waals surface area (Å²) in [7, 11) is 0. The first-order chi connectivity index (χ1) is 15.6. The molecule has 0 radical (unpaired) electrons. The summed E-state index contributed by atoms with van der Waals surface area (Å²) in [5.74, 6) is -0.239. The van der Waals surface area contributed by atoms with Gasteiger partial charge >= 0.3 is 0 Å². The Hall–Kier alpha value is -3.83. The Kier molecular flexibility index (Phi) is 5.25. The summed E-state index contributed by atoms with van der Waals surface area (Å²) in [6.45, 7) is 2.63. The van der Waals surface area contributed by atoms with Crippen molar-refractivity contribution in [3.8, 4) is 22.4 Å². The van der Waals surface area contributed by atoms with E-state index < -0.39 is 0 Å². The molecule has 0 aliphatic carbocycles. The summed E-state index contributed by atoms with van der Waals surface area (Å²) >= 11 is 0. The Morgan fingerprint density at radius 1 is 0.938 bits per heavy atom. The molecule has 4 aromatic rings. The van der Waals surface area contributed by atoms with Crippen LogP contribution >= 0.6 is 0 Å². The highest BCUT2D eigenvalue weighted by Crippen LogP contribution is 2.32. The Morgan fingerprint density at radius 3 is 2.59 bits per heavy atom.